The minimum atomic E-state index is -1.07. The van der Waals surface area contributed by atoms with Gasteiger partial charge in [-0.1, -0.05) is 17.7 Å². The van der Waals surface area contributed by atoms with E-state index < -0.39 is 23.7 Å². The Labute approximate surface area is 211 Å². The summed E-state index contributed by atoms with van der Waals surface area (Å²) < 4.78 is 5.56. The number of hydrogen-bond donors (Lipinski definition) is 5. The SMILES string of the molecule is O=C(Nc1cccc(C(=O)O)c1)NC1CCC(NC(=O)OC2CCN(c3cn[nH]c(=O)c3Cl)C2)CC1. The second-order valence-electron chi connectivity index (χ2n) is 8.84. The number of hydrogen-bond acceptors (Lipinski definition) is 7. The number of carboxylic acid groups (broad SMARTS) is 1. The maximum atomic E-state index is 12.4. The molecule has 0 spiro atoms. The van der Waals surface area contributed by atoms with Crippen LogP contribution in [-0.2, 0) is 4.74 Å². The molecule has 2 aromatic rings. The summed E-state index contributed by atoms with van der Waals surface area (Å²) in [7, 11) is 0. The molecule has 1 aromatic heterocycles. The molecular weight excluding hydrogens is 492 g/mol. The Hall–Kier alpha value is -3.80. The van der Waals surface area contributed by atoms with E-state index in [2.05, 4.69) is 26.1 Å². The van der Waals surface area contributed by atoms with Crippen LogP contribution < -0.4 is 26.4 Å². The average Bonchev–Trinajstić information content (AvgIpc) is 3.30. The van der Waals surface area contributed by atoms with Crippen molar-refractivity contribution in [1.82, 2.24) is 20.8 Å². The zero-order chi connectivity index (χ0) is 25.7. The van der Waals surface area contributed by atoms with Crippen molar-refractivity contribution < 1.29 is 24.2 Å². The quantitative estimate of drug-likeness (QED) is 0.389. The molecule has 4 rings (SSSR count). The molecule has 2 aliphatic rings. The van der Waals surface area contributed by atoms with Crippen molar-refractivity contribution in [2.75, 3.05) is 23.3 Å². The van der Waals surface area contributed by atoms with Crippen molar-refractivity contribution >= 4 is 41.1 Å². The van der Waals surface area contributed by atoms with Gasteiger partial charge in [-0.25, -0.2) is 19.5 Å². The molecule has 1 atom stereocenters. The van der Waals surface area contributed by atoms with E-state index in [-0.39, 0.29) is 28.8 Å². The molecule has 5 N–H and O–H groups in total. The number of aromatic carboxylic acids is 1. The Kier molecular flexibility index (Phi) is 7.93. The highest BCUT2D eigenvalue weighted by Gasteiger charge is 2.29. The number of anilines is 2. The summed E-state index contributed by atoms with van der Waals surface area (Å²) in [5, 5.41) is 23.6. The summed E-state index contributed by atoms with van der Waals surface area (Å²) in [4.78, 5) is 49.3. The molecule has 0 radical (unpaired) electrons. The van der Waals surface area contributed by atoms with E-state index in [1.807, 2.05) is 4.90 Å². The fraction of sp³-hybridized carbons (Fsp3) is 0.435. The highest BCUT2D eigenvalue weighted by Crippen LogP contribution is 2.26. The number of urea groups is 1. The van der Waals surface area contributed by atoms with E-state index in [4.69, 9.17) is 21.4 Å². The number of rotatable bonds is 6. The summed E-state index contributed by atoms with van der Waals surface area (Å²) in [6.45, 7) is 1.00. The molecule has 2 fully saturated rings. The van der Waals surface area contributed by atoms with Crippen LogP contribution in [0.25, 0.3) is 0 Å². The fourth-order valence-electron chi connectivity index (χ4n) is 4.45. The lowest BCUT2D eigenvalue weighted by Gasteiger charge is -2.29. The molecule has 1 aliphatic heterocycles. The first-order valence-electron chi connectivity index (χ1n) is 11.6. The van der Waals surface area contributed by atoms with Crippen LogP contribution in [0.4, 0.5) is 21.0 Å². The third-order valence-corrected chi connectivity index (χ3v) is 6.65. The zero-order valence-corrected chi connectivity index (χ0v) is 20.1. The van der Waals surface area contributed by atoms with Crippen LogP contribution in [0, 0.1) is 0 Å². The van der Waals surface area contributed by atoms with Gasteiger partial charge in [0, 0.05) is 30.7 Å². The van der Waals surface area contributed by atoms with Crippen LogP contribution in [0.2, 0.25) is 5.02 Å². The molecule has 1 saturated heterocycles. The third-order valence-electron chi connectivity index (χ3n) is 6.29. The number of carbonyl (C=O) groups is 3. The summed E-state index contributed by atoms with van der Waals surface area (Å²) >= 11 is 6.06. The number of carboxylic acids is 1. The van der Waals surface area contributed by atoms with E-state index in [9.17, 15) is 19.2 Å². The number of nitrogens with one attached hydrogen (secondary N) is 4. The largest absolute Gasteiger partial charge is 0.478 e. The van der Waals surface area contributed by atoms with Gasteiger partial charge in [0.2, 0.25) is 0 Å². The van der Waals surface area contributed by atoms with Gasteiger partial charge in [-0.3, -0.25) is 4.79 Å². The average molecular weight is 519 g/mol. The van der Waals surface area contributed by atoms with Crippen LogP contribution in [0.1, 0.15) is 42.5 Å². The van der Waals surface area contributed by atoms with Crippen molar-refractivity contribution in [3.63, 3.8) is 0 Å². The van der Waals surface area contributed by atoms with E-state index in [1.54, 1.807) is 12.1 Å². The molecular formula is C23H27ClN6O6. The highest BCUT2D eigenvalue weighted by atomic mass is 35.5. The molecule has 192 valence electrons. The molecule has 3 amide bonds. The second kappa shape index (κ2) is 11.3. The predicted octanol–water partition coefficient (Wildman–Crippen LogP) is 2.56. The second-order valence-corrected chi connectivity index (χ2v) is 9.22. The Morgan fingerprint density at radius 1 is 1.11 bits per heavy atom. The summed E-state index contributed by atoms with van der Waals surface area (Å²) in [6, 6.07) is 5.50. The van der Waals surface area contributed by atoms with Gasteiger partial charge in [0.1, 0.15) is 11.1 Å². The van der Waals surface area contributed by atoms with Gasteiger partial charge in [0.15, 0.2) is 0 Å². The fourth-order valence-corrected chi connectivity index (χ4v) is 4.67. The standard InChI is InChI=1S/C23H27ClN6O6/c24-19-18(11-25-29-20(19)31)30-9-8-17(12-30)36-23(35)28-15-6-4-14(5-7-15)26-22(34)27-16-3-1-2-13(10-16)21(32)33/h1-3,10-11,14-15,17H,4-9,12H2,(H,28,35)(H,29,31)(H,32,33)(H2,26,27,34). The molecule has 13 heteroatoms. The van der Waals surface area contributed by atoms with Gasteiger partial charge in [-0.15, -0.1) is 0 Å². The zero-order valence-electron chi connectivity index (χ0n) is 19.3. The number of ether oxygens (including phenoxy) is 1. The number of carbonyl (C=O) groups excluding carboxylic acids is 2. The molecule has 12 nitrogen and oxygen atoms in total. The monoisotopic (exact) mass is 518 g/mol. The summed E-state index contributed by atoms with van der Waals surface area (Å²) in [5.74, 6) is -1.07. The van der Waals surface area contributed by atoms with Crippen molar-refractivity contribution in [1.29, 1.82) is 0 Å². The maximum Gasteiger partial charge on any atom is 0.407 e. The molecule has 1 unspecified atom stereocenters. The van der Waals surface area contributed by atoms with Crippen LogP contribution >= 0.6 is 11.6 Å². The van der Waals surface area contributed by atoms with Crippen LogP contribution in [0.15, 0.2) is 35.3 Å². The normalized spacial score (nSPS) is 21.5. The molecule has 1 saturated carbocycles. The third kappa shape index (κ3) is 6.45. The lowest BCUT2D eigenvalue weighted by atomic mass is 9.91. The van der Waals surface area contributed by atoms with Gasteiger partial charge in [0.25, 0.3) is 5.56 Å². The van der Waals surface area contributed by atoms with E-state index in [0.717, 1.165) is 0 Å². The van der Waals surface area contributed by atoms with Gasteiger partial charge >= 0.3 is 18.1 Å². The number of alkyl carbamates (subject to hydrolysis) is 1. The van der Waals surface area contributed by atoms with E-state index in [0.29, 0.717) is 56.6 Å². The van der Waals surface area contributed by atoms with Gasteiger partial charge in [0.05, 0.1) is 24.0 Å². The minimum absolute atomic E-state index is 0.0579. The van der Waals surface area contributed by atoms with Crippen LogP contribution in [0.3, 0.4) is 0 Å². The Balaban J connectivity index is 1.17. The number of H-pyrrole nitrogens is 1. The van der Waals surface area contributed by atoms with E-state index in [1.165, 1.54) is 18.3 Å². The first kappa shape index (κ1) is 25.3. The molecule has 2 heterocycles. The van der Waals surface area contributed by atoms with Gasteiger partial charge in [-0.05, 0) is 43.9 Å². The maximum absolute atomic E-state index is 12.4. The Bertz CT molecular complexity index is 1180. The minimum Gasteiger partial charge on any atom is -0.478 e. The van der Waals surface area contributed by atoms with Gasteiger partial charge in [-0.2, -0.15) is 5.10 Å². The van der Waals surface area contributed by atoms with Crippen molar-refractivity contribution in [3.8, 4) is 0 Å². The summed E-state index contributed by atoms with van der Waals surface area (Å²) in [5.41, 5.74) is 0.531. The lowest BCUT2D eigenvalue weighted by molar-refractivity contribution is 0.0696. The predicted molar refractivity (Wildman–Crippen MR) is 132 cm³/mol. The Morgan fingerprint density at radius 2 is 1.83 bits per heavy atom. The van der Waals surface area contributed by atoms with Crippen LogP contribution in [0.5, 0.6) is 0 Å². The molecule has 1 aromatic carbocycles. The van der Waals surface area contributed by atoms with E-state index >= 15 is 0 Å². The number of aromatic amines is 1. The number of nitrogens with zero attached hydrogens (tertiary/aromatic N) is 2. The Morgan fingerprint density at radius 3 is 2.56 bits per heavy atom. The van der Waals surface area contributed by atoms with Crippen molar-refractivity contribution in [3.05, 3.63) is 51.4 Å². The number of amides is 3. The smallest absolute Gasteiger partial charge is 0.407 e. The lowest BCUT2D eigenvalue weighted by Crippen LogP contribution is -2.45. The molecule has 1 aliphatic carbocycles. The first-order valence-corrected chi connectivity index (χ1v) is 12.0. The molecule has 36 heavy (non-hydrogen) atoms. The van der Waals surface area contributed by atoms with Crippen molar-refractivity contribution in [2.45, 2.75) is 50.3 Å². The molecule has 0 bridgehead atoms. The highest BCUT2D eigenvalue weighted by molar-refractivity contribution is 6.33. The van der Waals surface area contributed by atoms with Crippen LogP contribution in [-0.4, -0.2) is 64.7 Å². The number of aromatic nitrogens is 2. The summed E-state index contributed by atoms with van der Waals surface area (Å²) in [6.07, 6.45) is 3.98. The first-order chi connectivity index (χ1) is 17.3. The van der Waals surface area contributed by atoms with Crippen molar-refractivity contribution in [2.24, 2.45) is 0 Å². The topological polar surface area (TPSA) is 166 Å². The van der Waals surface area contributed by atoms with Gasteiger partial charge < -0.3 is 30.7 Å². The number of benzene rings is 1. The number of halogens is 1.